The van der Waals surface area contributed by atoms with Gasteiger partial charge in [0.1, 0.15) is 0 Å². The van der Waals surface area contributed by atoms with Crippen LogP contribution < -0.4 is 9.47 Å². The van der Waals surface area contributed by atoms with Crippen LogP contribution >= 0.6 is 0 Å². The van der Waals surface area contributed by atoms with E-state index in [1.54, 1.807) is 0 Å². The van der Waals surface area contributed by atoms with Crippen LogP contribution in [0.25, 0.3) is 10.9 Å². The number of aromatic nitrogens is 1. The van der Waals surface area contributed by atoms with Crippen LogP contribution in [0.3, 0.4) is 0 Å². The number of rotatable bonds is 7. The molecule has 2 aliphatic rings. The standard InChI is InChI=1S/C24H27N3O3/c1-16-5-3-6-19-17(13-25-23(16)19)7-10-26(2)8-4-9-27-14-18-11-21-22(30-15-29-21)12-20(18)24(27)28/h3,5-6,11-13,25H,4,7-10,14-15H2,1-2H3. The first-order chi connectivity index (χ1) is 14.6. The van der Waals surface area contributed by atoms with E-state index in [1.165, 1.54) is 22.0 Å². The highest BCUT2D eigenvalue weighted by Crippen LogP contribution is 2.38. The third-order valence-corrected chi connectivity index (χ3v) is 6.22. The van der Waals surface area contributed by atoms with Crippen molar-refractivity contribution < 1.29 is 14.3 Å². The van der Waals surface area contributed by atoms with Crippen LogP contribution in [-0.2, 0) is 13.0 Å². The number of para-hydroxylation sites is 1. The van der Waals surface area contributed by atoms with Gasteiger partial charge in [0.15, 0.2) is 11.5 Å². The normalized spacial score (nSPS) is 14.9. The molecule has 156 valence electrons. The number of carbonyl (C=O) groups excluding carboxylic acids is 1. The van der Waals surface area contributed by atoms with Crippen LogP contribution in [0.2, 0.25) is 0 Å². The Morgan fingerprint density at radius 1 is 1.17 bits per heavy atom. The van der Waals surface area contributed by atoms with Gasteiger partial charge in [0, 0.05) is 42.3 Å². The van der Waals surface area contributed by atoms with E-state index >= 15 is 0 Å². The minimum atomic E-state index is 0.0973. The highest BCUT2D eigenvalue weighted by Gasteiger charge is 2.30. The van der Waals surface area contributed by atoms with Gasteiger partial charge in [-0.05, 0) is 62.2 Å². The second kappa shape index (κ2) is 7.69. The summed E-state index contributed by atoms with van der Waals surface area (Å²) in [6.45, 7) is 5.75. The van der Waals surface area contributed by atoms with Gasteiger partial charge < -0.3 is 24.3 Å². The Bertz CT molecular complexity index is 1100. The number of aromatic amines is 1. The number of ether oxygens (including phenoxy) is 2. The summed E-state index contributed by atoms with van der Waals surface area (Å²) in [4.78, 5) is 20.4. The lowest BCUT2D eigenvalue weighted by Gasteiger charge is -2.20. The fourth-order valence-electron chi connectivity index (χ4n) is 4.47. The van der Waals surface area contributed by atoms with Crippen molar-refractivity contribution in [1.82, 2.24) is 14.8 Å². The summed E-state index contributed by atoms with van der Waals surface area (Å²) in [5.74, 6) is 1.52. The number of likely N-dealkylation sites (N-methyl/N-ethyl adjacent to an activating group) is 1. The average molecular weight is 405 g/mol. The first-order valence-corrected chi connectivity index (χ1v) is 10.6. The van der Waals surface area contributed by atoms with Crippen LogP contribution in [0, 0.1) is 6.92 Å². The number of nitrogens with zero attached hydrogens (tertiary/aromatic N) is 2. The van der Waals surface area contributed by atoms with Crippen LogP contribution in [-0.4, -0.2) is 54.2 Å². The van der Waals surface area contributed by atoms with Crippen molar-refractivity contribution in [3.63, 3.8) is 0 Å². The second-order valence-electron chi connectivity index (χ2n) is 8.31. The fourth-order valence-corrected chi connectivity index (χ4v) is 4.47. The maximum atomic E-state index is 12.7. The van der Waals surface area contributed by atoms with E-state index in [4.69, 9.17) is 9.47 Å². The molecule has 3 aromatic rings. The molecule has 0 spiro atoms. The molecule has 30 heavy (non-hydrogen) atoms. The van der Waals surface area contributed by atoms with E-state index < -0.39 is 0 Å². The molecule has 0 aliphatic carbocycles. The summed E-state index contributed by atoms with van der Waals surface area (Å²) in [5.41, 5.74) is 5.67. The van der Waals surface area contributed by atoms with Crippen LogP contribution in [0.5, 0.6) is 11.5 Å². The zero-order chi connectivity index (χ0) is 20.7. The van der Waals surface area contributed by atoms with E-state index in [-0.39, 0.29) is 12.7 Å². The molecule has 2 aromatic carbocycles. The van der Waals surface area contributed by atoms with Crippen molar-refractivity contribution in [3.8, 4) is 11.5 Å². The van der Waals surface area contributed by atoms with Crippen molar-refractivity contribution in [1.29, 1.82) is 0 Å². The SMILES string of the molecule is Cc1cccc2c(CCN(C)CCCN3Cc4cc5c(cc4C3=O)OCO5)c[nH]c12. The first kappa shape index (κ1) is 19.0. The molecule has 0 fully saturated rings. The summed E-state index contributed by atoms with van der Waals surface area (Å²) in [6.07, 6.45) is 4.10. The predicted octanol–water partition coefficient (Wildman–Crippen LogP) is 3.73. The summed E-state index contributed by atoms with van der Waals surface area (Å²) < 4.78 is 10.8. The number of hydrogen-bond acceptors (Lipinski definition) is 4. The molecule has 1 aromatic heterocycles. The number of amides is 1. The maximum absolute atomic E-state index is 12.7. The minimum Gasteiger partial charge on any atom is -0.454 e. The molecule has 6 heteroatoms. The van der Waals surface area contributed by atoms with Crippen molar-refractivity contribution in [2.75, 3.05) is 33.5 Å². The van der Waals surface area contributed by atoms with E-state index in [0.29, 0.717) is 12.3 Å². The number of hydrogen-bond donors (Lipinski definition) is 1. The monoisotopic (exact) mass is 405 g/mol. The Kier molecular flexibility index (Phi) is 4.87. The molecule has 0 saturated carbocycles. The lowest BCUT2D eigenvalue weighted by molar-refractivity contribution is 0.0771. The number of carbonyl (C=O) groups is 1. The van der Waals surface area contributed by atoms with Crippen LogP contribution in [0.1, 0.15) is 33.5 Å². The highest BCUT2D eigenvalue weighted by atomic mass is 16.7. The Morgan fingerprint density at radius 3 is 2.87 bits per heavy atom. The molecule has 0 unspecified atom stereocenters. The molecule has 0 saturated heterocycles. The topological polar surface area (TPSA) is 57.8 Å². The molecule has 0 bridgehead atoms. The lowest BCUT2D eigenvalue weighted by atomic mass is 10.1. The molecular weight excluding hydrogens is 378 g/mol. The Balaban J connectivity index is 1.12. The zero-order valence-electron chi connectivity index (χ0n) is 17.5. The van der Waals surface area contributed by atoms with Gasteiger partial charge in [0.2, 0.25) is 6.79 Å². The number of fused-ring (bicyclic) bond motifs is 3. The highest BCUT2D eigenvalue weighted by molar-refractivity contribution is 5.99. The molecule has 1 N–H and O–H groups in total. The number of nitrogens with one attached hydrogen (secondary N) is 1. The van der Waals surface area contributed by atoms with Crippen molar-refractivity contribution in [2.45, 2.75) is 26.3 Å². The molecule has 3 heterocycles. The van der Waals surface area contributed by atoms with Gasteiger partial charge in [-0.25, -0.2) is 0 Å². The molecule has 5 rings (SSSR count). The minimum absolute atomic E-state index is 0.0973. The van der Waals surface area contributed by atoms with Gasteiger partial charge in [-0.3, -0.25) is 4.79 Å². The Labute approximate surface area is 176 Å². The van der Waals surface area contributed by atoms with Crippen molar-refractivity contribution in [2.24, 2.45) is 0 Å². The Hall–Kier alpha value is -2.99. The van der Waals surface area contributed by atoms with E-state index in [0.717, 1.165) is 49.4 Å². The average Bonchev–Trinajstić information content (AvgIpc) is 3.44. The smallest absolute Gasteiger partial charge is 0.254 e. The van der Waals surface area contributed by atoms with Crippen LogP contribution in [0.15, 0.2) is 36.5 Å². The van der Waals surface area contributed by atoms with Crippen LogP contribution in [0.4, 0.5) is 0 Å². The number of aryl methyl sites for hydroxylation is 1. The maximum Gasteiger partial charge on any atom is 0.254 e. The van der Waals surface area contributed by atoms with Crippen molar-refractivity contribution in [3.05, 3.63) is 58.8 Å². The van der Waals surface area contributed by atoms with Gasteiger partial charge in [-0.15, -0.1) is 0 Å². The molecule has 0 atom stereocenters. The lowest BCUT2D eigenvalue weighted by Crippen LogP contribution is -2.29. The summed E-state index contributed by atoms with van der Waals surface area (Å²) in [6, 6.07) is 10.2. The zero-order valence-corrected chi connectivity index (χ0v) is 17.5. The third kappa shape index (κ3) is 3.41. The van der Waals surface area contributed by atoms with Gasteiger partial charge in [-0.2, -0.15) is 0 Å². The van der Waals surface area contributed by atoms with E-state index in [9.17, 15) is 4.79 Å². The number of benzene rings is 2. The first-order valence-electron chi connectivity index (χ1n) is 10.6. The molecule has 0 radical (unpaired) electrons. The summed E-state index contributed by atoms with van der Waals surface area (Å²) >= 11 is 0. The quantitative estimate of drug-likeness (QED) is 0.651. The van der Waals surface area contributed by atoms with Gasteiger partial charge >= 0.3 is 0 Å². The van der Waals surface area contributed by atoms with Gasteiger partial charge in [-0.1, -0.05) is 18.2 Å². The van der Waals surface area contributed by atoms with Gasteiger partial charge in [0.25, 0.3) is 5.91 Å². The largest absolute Gasteiger partial charge is 0.454 e. The number of H-pyrrole nitrogens is 1. The van der Waals surface area contributed by atoms with Crippen molar-refractivity contribution >= 4 is 16.8 Å². The summed E-state index contributed by atoms with van der Waals surface area (Å²) in [7, 11) is 2.15. The molecule has 2 aliphatic heterocycles. The second-order valence-corrected chi connectivity index (χ2v) is 8.31. The van der Waals surface area contributed by atoms with E-state index in [1.807, 2.05) is 17.0 Å². The Morgan fingerprint density at radius 2 is 2.00 bits per heavy atom. The van der Waals surface area contributed by atoms with Gasteiger partial charge in [0.05, 0.1) is 0 Å². The molecule has 1 amide bonds. The third-order valence-electron chi connectivity index (χ3n) is 6.22. The van der Waals surface area contributed by atoms with E-state index in [2.05, 4.69) is 48.3 Å². The molecular formula is C24H27N3O3. The fraction of sp³-hybridized carbons (Fsp3) is 0.375. The summed E-state index contributed by atoms with van der Waals surface area (Å²) in [5, 5.41) is 1.32. The predicted molar refractivity (Wildman–Crippen MR) is 116 cm³/mol. The molecule has 6 nitrogen and oxygen atoms in total.